The van der Waals surface area contributed by atoms with Crippen LogP contribution >= 0.6 is 0 Å². The Balaban J connectivity index is 1.75. The van der Waals surface area contributed by atoms with Gasteiger partial charge in [-0.25, -0.2) is 0 Å². The van der Waals surface area contributed by atoms with Gasteiger partial charge in [0, 0.05) is 18.2 Å². The molecule has 0 unspecified atom stereocenters. The number of hydrogen-bond donors (Lipinski definition) is 0. The zero-order valence-corrected chi connectivity index (χ0v) is 19.0. The van der Waals surface area contributed by atoms with Crippen molar-refractivity contribution in [1.82, 2.24) is 4.90 Å². The van der Waals surface area contributed by atoms with Crippen LogP contribution in [0.2, 0.25) is 0 Å². The summed E-state index contributed by atoms with van der Waals surface area (Å²) in [6.07, 6.45) is 2.23. The SMILES string of the molecule is CCOC(=O)C1(Cc2ccccc2)CCN(Cc2cc(OC)c(OC)cc2OC)CC1. The molecule has 0 bridgehead atoms. The van der Waals surface area contributed by atoms with Gasteiger partial charge in [0.25, 0.3) is 0 Å². The highest BCUT2D eigenvalue weighted by atomic mass is 16.5. The second kappa shape index (κ2) is 10.5. The Labute approximate surface area is 185 Å². The number of carbonyl (C=O) groups is 1. The lowest BCUT2D eigenvalue weighted by Gasteiger charge is -2.40. The Morgan fingerprint density at radius 2 is 1.55 bits per heavy atom. The van der Waals surface area contributed by atoms with E-state index in [1.165, 1.54) is 5.56 Å². The van der Waals surface area contributed by atoms with E-state index in [2.05, 4.69) is 17.0 Å². The van der Waals surface area contributed by atoms with Crippen LogP contribution in [0.4, 0.5) is 0 Å². The summed E-state index contributed by atoms with van der Waals surface area (Å²) >= 11 is 0. The van der Waals surface area contributed by atoms with Gasteiger partial charge in [-0.2, -0.15) is 0 Å². The molecule has 0 aliphatic carbocycles. The van der Waals surface area contributed by atoms with Crippen molar-refractivity contribution in [2.24, 2.45) is 5.41 Å². The third-order valence-corrected chi connectivity index (χ3v) is 6.09. The zero-order chi connectivity index (χ0) is 22.3. The molecule has 3 rings (SSSR count). The van der Waals surface area contributed by atoms with Crippen LogP contribution in [-0.4, -0.2) is 51.9 Å². The van der Waals surface area contributed by atoms with E-state index in [1.54, 1.807) is 21.3 Å². The van der Waals surface area contributed by atoms with Gasteiger partial charge in [-0.05, 0) is 50.9 Å². The summed E-state index contributed by atoms with van der Waals surface area (Å²) in [5.41, 5.74) is 1.73. The molecule has 2 aromatic rings. The Morgan fingerprint density at radius 1 is 0.935 bits per heavy atom. The second-order valence-corrected chi connectivity index (χ2v) is 7.96. The minimum atomic E-state index is -0.477. The third kappa shape index (κ3) is 5.31. The Bertz CT molecular complexity index is 860. The van der Waals surface area contributed by atoms with E-state index < -0.39 is 5.41 Å². The first-order valence-electron chi connectivity index (χ1n) is 10.8. The summed E-state index contributed by atoms with van der Waals surface area (Å²) in [5.74, 6) is 2.01. The maximum absolute atomic E-state index is 13.0. The molecule has 1 aliphatic heterocycles. The first-order chi connectivity index (χ1) is 15.0. The molecule has 0 atom stereocenters. The average molecular weight is 428 g/mol. The molecule has 0 spiro atoms. The van der Waals surface area contributed by atoms with Crippen molar-refractivity contribution < 1.29 is 23.7 Å². The molecule has 31 heavy (non-hydrogen) atoms. The van der Waals surface area contributed by atoms with Gasteiger partial charge < -0.3 is 18.9 Å². The lowest BCUT2D eigenvalue weighted by molar-refractivity contribution is -0.158. The van der Waals surface area contributed by atoms with Gasteiger partial charge in [-0.15, -0.1) is 0 Å². The second-order valence-electron chi connectivity index (χ2n) is 7.96. The summed E-state index contributed by atoms with van der Waals surface area (Å²) in [6.45, 7) is 4.61. The fourth-order valence-electron chi connectivity index (χ4n) is 4.32. The van der Waals surface area contributed by atoms with Crippen LogP contribution < -0.4 is 14.2 Å². The van der Waals surface area contributed by atoms with Crippen LogP contribution in [0.3, 0.4) is 0 Å². The maximum atomic E-state index is 13.0. The molecule has 0 amide bonds. The summed E-state index contributed by atoms with van der Waals surface area (Å²) in [7, 11) is 4.90. The van der Waals surface area contributed by atoms with Gasteiger partial charge in [0.1, 0.15) is 5.75 Å². The first kappa shape index (κ1) is 22.9. The maximum Gasteiger partial charge on any atom is 0.312 e. The van der Waals surface area contributed by atoms with Crippen molar-refractivity contribution >= 4 is 5.97 Å². The molecule has 1 saturated heterocycles. The number of benzene rings is 2. The average Bonchev–Trinajstić information content (AvgIpc) is 2.81. The minimum Gasteiger partial charge on any atom is -0.496 e. The van der Waals surface area contributed by atoms with E-state index in [4.69, 9.17) is 18.9 Å². The van der Waals surface area contributed by atoms with E-state index in [0.29, 0.717) is 31.1 Å². The highest BCUT2D eigenvalue weighted by molar-refractivity contribution is 5.77. The number of methoxy groups -OCH3 is 3. The Morgan fingerprint density at radius 3 is 2.13 bits per heavy atom. The molecule has 1 aliphatic rings. The molecular weight excluding hydrogens is 394 g/mol. The van der Waals surface area contributed by atoms with Crippen molar-refractivity contribution in [3.05, 3.63) is 53.6 Å². The van der Waals surface area contributed by atoms with Crippen molar-refractivity contribution in [1.29, 1.82) is 0 Å². The molecule has 0 aromatic heterocycles. The number of piperidine rings is 1. The van der Waals surface area contributed by atoms with Crippen LogP contribution in [0.25, 0.3) is 0 Å². The Kier molecular flexibility index (Phi) is 7.80. The molecular formula is C25H33NO5. The predicted molar refractivity (Wildman–Crippen MR) is 120 cm³/mol. The fourth-order valence-corrected chi connectivity index (χ4v) is 4.32. The number of likely N-dealkylation sites (tertiary alicyclic amines) is 1. The number of rotatable bonds is 9. The third-order valence-electron chi connectivity index (χ3n) is 6.09. The number of ether oxygens (including phenoxy) is 4. The predicted octanol–water partition coefficient (Wildman–Crippen LogP) is 4.10. The highest BCUT2D eigenvalue weighted by Gasteiger charge is 2.42. The highest BCUT2D eigenvalue weighted by Crippen LogP contribution is 2.39. The van der Waals surface area contributed by atoms with Crippen LogP contribution in [-0.2, 0) is 22.5 Å². The summed E-state index contributed by atoms with van der Waals surface area (Å²) in [4.78, 5) is 15.3. The molecule has 0 radical (unpaired) electrons. The number of carbonyl (C=O) groups excluding carboxylic acids is 1. The topological polar surface area (TPSA) is 57.2 Å². The van der Waals surface area contributed by atoms with Crippen molar-refractivity contribution in [2.75, 3.05) is 41.0 Å². The van der Waals surface area contributed by atoms with Crippen molar-refractivity contribution in [2.45, 2.75) is 32.7 Å². The molecule has 1 fully saturated rings. The fraction of sp³-hybridized carbons (Fsp3) is 0.480. The van der Waals surface area contributed by atoms with Crippen LogP contribution in [0.15, 0.2) is 42.5 Å². The van der Waals surface area contributed by atoms with Crippen LogP contribution in [0, 0.1) is 5.41 Å². The number of hydrogen-bond acceptors (Lipinski definition) is 6. The van der Waals surface area contributed by atoms with Gasteiger partial charge in [0.2, 0.25) is 0 Å². The van der Waals surface area contributed by atoms with E-state index in [1.807, 2.05) is 37.3 Å². The molecule has 0 saturated carbocycles. The van der Waals surface area contributed by atoms with E-state index in [9.17, 15) is 4.79 Å². The van der Waals surface area contributed by atoms with Gasteiger partial charge in [0.05, 0.1) is 33.4 Å². The lowest BCUT2D eigenvalue weighted by atomic mass is 9.73. The van der Waals surface area contributed by atoms with Crippen LogP contribution in [0.1, 0.15) is 30.9 Å². The summed E-state index contributed by atoms with van der Waals surface area (Å²) in [6, 6.07) is 14.0. The monoisotopic (exact) mass is 427 g/mol. The Hall–Kier alpha value is -2.73. The molecule has 1 heterocycles. The normalized spacial score (nSPS) is 15.9. The molecule has 6 heteroatoms. The van der Waals surface area contributed by atoms with Crippen LogP contribution in [0.5, 0.6) is 17.2 Å². The van der Waals surface area contributed by atoms with Gasteiger partial charge in [-0.1, -0.05) is 30.3 Å². The summed E-state index contributed by atoms with van der Waals surface area (Å²) < 4.78 is 21.9. The minimum absolute atomic E-state index is 0.0813. The number of nitrogens with zero attached hydrogens (tertiary/aromatic N) is 1. The van der Waals surface area contributed by atoms with Crippen molar-refractivity contribution in [3.63, 3.8) is 0 Å². The molecule has 0 N–H and O–H groups in total. The van der Waals surface area contributed by atoms with E-state index in [-0.39, 0.29) is 5.97 Å². The first-order valence-corrected chi connectivity index (χ1v) is 10.8. The zero-order valence-electron chi connectivity index (χ0n) is 19.0. The lowest BCUT2D eigenvalue weighted by Crippen LogP contribution is -2.46. The largest absolute Gasteiger partial charge is 0.496 e. The standard InChI is InChI=1S/C25H33NO5/c1-5-31-24(27)25(17-19-9-7-6-8-10-19)11-13-26(14-12-25)18-20-15-22(29-3)23(30-4)16-21(20)28-2/h6-10,15-16H,5,11-14,17-18H2,1-4H3. The molecule has 2 aromatic carbocycles. The van der Waals surface area contributed by atoms with Gasteiger partial charge in [-0.3, -0.25) is 9.69 Å². The quantitative estimate of drug-likeness (QED) is 0.562. The molecule has 168 valence electrons. The smallest absolute Gasteiger partial charge is 0.312 e. The summed E-state index contributed by atoms with van der Waals surface area (Å²) in [5, 5.41) is 0. The van der Waals surface area contributed by atoms with Gasteiger partial charge in [0.15, 0.2) is 11.5 Å². The van der Waals surface area contributed by atoms with Crippen molar-refractivity contribution in [3.8, 4) is 17.2 Å². The molecule has 6 nitrogen and oxygen atoms in total. The van der Waals surface area contributed by atoms with Gasteiger partial charge >= 0.3 is 5.97 Å². The van der Waals surface area contributed by atoms with E-state index in [0.717, 1.165) is 37.2 Å². The van der Waals surface area contributed by atoms with E-state index >= 15 is 0 Å². The number of esters is 1.